The summed E-state index contributed by atoms with van der Waals surface area (Å²) in [6.07, 6.45) is 0. The third kappa shape index (κ3) is 3.74. The van der Waals surface area contributed by atoms with Gasteiger partial charge in [-0.15, -0.1) is 11.3 Å². The topological polar surface area (TPSA) is 53.2 Å². The number of thiophene rings is 1. The molecule has 1 N–H and O–H groups in total. The lowest BCUT2D eigenvalue weighted by Gasteiger charge is -2.25. The maximum atomic E-state index is 13.3. The lowest BCUT2D eigenvalue weighted by Crippen LogP contribution is -2.33. The summed E-state index contributed by atoms with van der Waals surface area (Å²) in [5.41, 5.74) is 5.25. The number of amides is 1. The minimum Gasteiger partial charge on any atom is -0.322 e. The summed E-state index contributed by atoms with van der Waals surface area (Å²) in [6.45, 7) is 6.23. The highest BCUT2D eigenvalue weighted by Gasteiger charge is 2.22. The number of nitrogens with zero attached hydrogens (tertiary/aromatic N) is 1. The first kappa shape index (κ1) is 19.2. The molecule has 0 saturated heterocycles. The van der Waals surface area contributed by atoms with Crippen LogP contribution in [0.15, 0.2) is 64.8 Å². The van der Waals surface area contributed by atoms with Crippen LogP contribution in [0, 0.1) is 20.8 Å². The third-order valence-corrected chi connectivity index (χ3v) is 6.11. The summed E-state index contributed by atoms with van der Waals surface area (Å²) < 4.78 is 0. The van der Waals surface area contributed by atoms with Gasteiger partial charge in [-0.3, -0.25) is 9.59 Å². The average Bonchev–Trinajstić information content (AvgIpc) is 3.23. The predicted octanol–water partition coefficient (Wildman–Crippen LogP) is 5.36. The molecule has 4 nitrogen and oxygen atoms in total. The molecule has 4 aromatic rings. The van der Waals surface area contributed by atoms with Crippen LogP contribution in [0.3, 0.4) is 0 Å². The number of aromatic nitrogens is 1. The van der Waals surface area contributed by atoms with Crippen molar-refractivity contribution in [3.8, 4) is 0 Å². The highest BCUT2D eigenvalue weighted by Crippen LogP contribution is 2.27. The molecule has 0 aliphatic rings. The smallest absolute Gasteiger partial charge is 0.268 e. The van der Waals surface area contributed by atoms with Crippen LogP contribution in [0.5, 0.6) is 0 Å². The zero-order valence-electron chi connectivity index (χ0n) is 16.7. The van der Waals surface area contributed by atoms with E-state index >= 15 is 0 Å². The molecule has 2 aromatic heterocycles. The Kier molecular flexibility index (Phi) is 5.07. The van der Waals surface area contributed by atoms with Gasteiger partial charge in [-0.2, -0.15) is 0 Å². The number of pyridine rings is 1. The second-order valence-electron chi connectivity index (χ2n) is 7.30. The Morgan fingerprint density at radius 3 is 2.62 bits per heavy atom. The van der Waals surface area contributed by atoms with Crippen molar-refractivity contribution in [2.24, 2.45) is 0 Å². The summed E-state index contributed by atoms with van der Waals surface area (Å²) in [6, 6.07) is 17.4. The van der Waals surface area contributed by atoms with Crippen molar-refractivity contribution in [1.82, 2.24) is 4.98 Å². The minimum atomic E-state index is -0.169. The number of fused-ring (bicyclic) bond motifs is 1. The van der Waals surface area contributed by atoms with Crippen LogP contribution in [0.1, 0.15) is 31.9 Å². The van der Waals surface area contributed by atoms with E-state index in [1.165, 1.54) is 11.3 Å². The van der Waals surface area contributed by atoms with E-state index in [1.807, 2.05) is 80.7 Å². The zero-order chi connectivity index (χ0) is 20.5. The van der Waals surface area contributed by atoms with Gasteiger partial charge in [0, 0.05) is 16.8 Å². The van der Waals surface area contributed by atoms with Crippen LogP contribution in [0.4, 0.5) is 5.69 Å². The number of aromatic amines is 1. The van der Waals surface area contributed by atoms with Gasteiger partial charge in [-0.05, 0) is 72.5 Å². The summed E-state index contributed by atoms with van der Waals surface area (Å²) in [5, 5.41) is 2.84. The number of carbonyl (C=O) groups excluding carboxylic acids is 1. The van der Waals surface area contributed by atoms with Crippen LogP contribution in [0.25, 0.3) is 10.9 Å². The number of carbonyl (C=O) groups is 1. The largest absolute Gasteiger partial charge is 0.322 e. The van der Waals surface area contributed by atoms with Gasteiger partial charge < -0.3 is 9.88 Å². The zero-order valence-corrected chi connectivity index (χ0v) is 17.5. The molecule has 0 saturated carbocycles. The van der Waals surface area contributed by atoms with E-state index in [0.29, 0.717) is 10.4 Å². The number of benzene rings is 2. The van der Waals surface area contributed by atoms with E-state index in [9.17, 15) is 9.59 Å². The number of rotatable bonds is 4. The molecule has 29 heavy (non-hydrogen) atoms. The number of aryl methyl sites for hydroxylation is 2. The molecule has 2 aromatic carbocycles. The summed E-state index contributed by atoms with van der Waals surface area (Å²) in [7, 11) is 0. The number of H-pyrrole nitrogens is 1. The van der Waals surface area contributed by atoms with Gasteiger partial charge >= 0.3 is 0 Å². The number of nitrogens with one attached hydrogen (secondary N) is 1. The lowest BCUT2D eigenvalue weighted by atomic mass is 10.1. The van der Waals surface area contributed by atoms with Crippen molar-refractivity contribution in [3.05, 3.63) is 97.5 Å². The minimum absolute atomic E-state index is 0.0999. The first-order valence-electron chi connectivity index (χ1n) is 9.48. The molecular formula is C24H22N2O2S. The van der Waals surface area contributed by atoms with Gasteiger partial charge in [0.1, 0.15) is 0 Å². The van der Waals surface area contributed by atoms with Crippen molar-refractivity contribution in [2.75, 3.05) is 4.90 Å². The Bertz CT molecular complexity index is 1260. The first-order valence-corrected chi connectivity index (χ1v) is 10.4. The Morgan fingerprint density at radius 2 is 1.86 bits per heavy atom. The van der Waals surface area contributed by atoms with E-state index in [4.69, 9.17) is 0 Å². The van der Waals surface area contributed by atoms with E-state index in [2.05, 4.69) is 4.98 Å². The molecule has 146 valence electrons. The van der Waals surface area contributed by atoms with E-state index in [1.54, 1.807) is 4.90 Å². The molecule has 0 aliphatic carbocycles. The summed E-state index contributed by atoms with van der Waals surface area (Å²) >= 11 is 1.41. The van der Waals surface area contributed by atoms with Gasteiger partial charge in [0.2, 0.25) is 0 Å². The summed E-state index contributed by atoms with van der Waals surface area (Å²) in [4.78, 5) is 31.4. The summed E-state index contributed by atoms with van der Waals surface area (Å²) in [5.74, 6) is -0.0999. The van der Waals surface area contributed by atoms with Gasteiger partial charge in [-0.25, -0.2) is 0 Å². The van der Waals surface area contributed by atoms with E-state index < -0.39 is 0 Å². The molecule has 5 heteroatoms. The van der Waals surface area contributed by atoms with Crippen LogP contribution in [0.2, 0.25) is 0 Å². The Balaban J connectivity index is 1.82. The Labute approximate surface area is 173 Å². The highest BCUT2D eigenvalue weighted by molar-refractivity contribution is 7.12. The molecule has 4 rings (SSSR count). The fraction of sp³-hybridized carbons (Fsp3) is 0.167. The van der Waals surface area contributed by atoms with Crippen molar-refractivity contribution < 1.29 is 4.79 Å². The number of hydrogen-bond acceptors (Lipinski definition) is 3. The molecule has 2 heterocycles. The van der Waals surface area contributed by atoms with Crippen LogP contribution < -0.4 is 10.5 Å². The van der Waals surface area contributed by atoms with Crippen LogP contribution >= 0.6 is 11.3 Å². The molecule has 0 aliphatic heterocycles. The quantitative estimate of drug-likeness (QED) is 0.499. The molecular weight excluding hydrogens is 380 g/mol. The van der Waals surface area contributed by atoms with E-state index in [0.717, 1.165) is 33.3 Å². The van der Waals surface area contributed by atoms with Crippen molar-refractivity contribution in [1.29, 1.82) is 0 Å². The standard InChI is InChI=1S/C24H22N2O2S/c1-15-9-10-18-13-19(23(27)25-20(18)12-15)14-26(24(28)22-8-5-11-29-22)21-7-4-6-16(2)17(21)3/h4-13H,14H2,1-3H3,(H,25,27). The fourth-order valence-corrected chi connectivity index (χ4v) is 4.15. The second-order valence-corrected chi connectivity index (χ2v) is 8.25. The Morgan fingerprint density at radius 1 is 1.03 bits per heavy atom. The molecule has 0 radical (unpaired) electrons. The molecule has 0 atom stereocenters. The molecule has 0 fully saturated rings. The van der Waals surface area contributed by atoms with E-state index in [-0.39, 0.29) is 18.0 Å². The third-order valence-electron chi connectivity index (χ3n) is 5.25. The van der Waals surface area contributed by atoms with Gasteiger partial charge in [0.25, 0.3) is 11.5 Å². The molecule has 0 bridgehead atoms. The maximum Gasteiger partial charge on any atom is 0.268 e. The lowest BCUT2D eigenvalue weighted by molar-refractivity contribution is 0.0989. The molecule has 0 unspecified atom stereocenters. The van der Waals surface area contributed by atoms with Crippen molar-refractivity contribution in [3.63, 3.8) is 0 Å². The van der Waals surface area contributed by atoms with Gasteiger partial charge in [0.15, 0.2) is 0 Å². The number of hydrogen-bond donors (Lipinski definition) is 1. The van der Waals surface area contributed by atoms with Crippen molar-refractivity contribution in [2.45, 2.75) is 27.3 Å². The predicted molar refractivity (Wildman–Crippen MR) is 120 cm³/mol. The van der Waals surface area contributed by atoms with Crippen LogP contribution in [-0.4, -0.2) is 10.9 Å². The second kappa shape index (κ2) is 7.68. The van der Waals surface area contributed by atoms with Crippen LogP contribution in [-0.2, 0) is 6.54 Å². The first-order chi connectivity index (χ1) is 13.9. The van der Waals surface area contributed by atoms with Gasteiger partial charge in [0.05, 0.1) is 11.4 Å². The average molecular weight is 403 g/mol. The Hall–Kier alpha value is -3.18. The number of anilines is 1. The maximum absolute atomic E-state index is 13.3. The van der Waals surface area contributed by atoms with Crippen molar-refractivity contribution >= 4 is 33.8 Å². The molecule has 1 amide bonds. The molecule has 0 spiro atoms. The SMILES string of the molecule is Cc1ccc2cc(CN(C(=O)c3cccs3)c3cccc(C)c3C)c(=O)[nH]c2c1. The highest BCUT2D eigenvalue weighted by atomic mass is 32.1. The van der Waals surface area contributed by atoms with Gasteiger partial charge in [-0.1, -0.05) is 30.3 Å². The monoisotopic (exact) mass is 402 g/mol. The fourth-order valence-electron chi connectivity index (χ4n) is 3.48. The normalized spacial score (nSPS) is 11.0.